The number of carbonyl (C=O) groups is 6. The third kappa shape index (κ3) is 13.8. The van der Waals surface area contributed by atoms with Gasteiger partial charge in [0.25, 0.3) is 5.91 Å². The van der Waals surface area contributed by atoms with Crippen molar-refractivity contribution in [3.8, 4) is 10.4 Å². The van der Waals surface area contributed by atoms with Crippen LogP contribution < -0.4 is 21.3 Å². The van der Waals surface area contributed by atoms with Crippen molar-refractivity contribution in [3.63, 3.8) is 0 Å². The lowest BCUT2D eigenvalue weighted by molar-refractivity contribution is -0.144. The van der Waals surface area contributed by atoms with Crippen molar-refractivity contribution in [2.75, 3.05) is 57.8 Å². The Balaban J connectivity index is 0.840. The molecule has 0 unspecified atom stereocenters. The Kier molecular flexibility index (Phi) is 17.0. The topological polar surface area (TPSA) is 254 Å². The van der Waals surface area contributed by atoms with E-state index >= 15 is 0 Å². The summed E-state index contributed by atoms with van der Waals surface area (Å²) in [6.07, 6.45) is -4.00. The van der Waals surface area contributed by atoms with Crippen molar-refractivity contribution >= 4 is 63.5 Å². The monoisotopic (exact) mass is 1060 g/mol. The molecule has 402 valence electrons. The van der Waals surface area contributed by atoms with E-state index in [4.69, 9.17) is 4.74 Å². The molecule has 4 atom stereocenters. The van der Waals surface area contributed by atoms with Crippen molar-refractivity contribution in [2.24, 2.45) is 5.41 Å². The molecule has 2 aliphatic heterocycles. The van der Waals surface area contributed by atoms with E-state index in [9.17, 15) is 52.2 Å². The molecule has 0 saturated carbocycles. The molecular formula is C51H62F3N11O9S. The third-order valence-corrected chi connectivity index (χ3v) is 13.8. The predicted molar refractivity (Wildman–Crippen MR) is 271 cm³/mol. The molecule has 2 aromatic carbocycles. The molecule has 6 N–H and O–H groups in total. The normalized spacial score (nSPS) is 17.1. The fourth-order valence-corrected chi connectivity index (χ4v) is 9.65. The lowest BCUT2D eigenvalue weighted by Crippen LogP contribution is -2.58. The van der Waals surface area contributed by atoms with Crippen molar-refractivity contribution in [3.05, 3.63) is 94.5 Å². The Hall–Kier alpha value is -7.02. The smallest absolute Gasteiger partial charge is 0.391 e. The number of aliphatic hydroxyl groups excluding tert-OH is 1. The van der Waals surface area contributed by atoms with Gasteiger partial charge in [-0.2, -0.15) is 18.3 Å². The van der Waals surface area contributed by atoms with Gasteiger partial charge in [-0.3, -0.25) is 28.7 Å². The van der Waals surface area contributed by atoms with Crippen LogP contribution in [0.5, 0.6) is 0 Å². The van der Waals surface area contributed by atoms with E-state index in [-0.39, 0.29) is 69.6 Å². The number of amides is 7. The van der Waals surface area contributed by atoms with Gasteiger partial charge in [0.1, 0.15) is 36.6 Å². The first kappa shape index (κ1) is 55.7. The number of fused-ring (bicyclic) bond motifs is 1. The number of carbonyl (C=O) groups excluding carboxylic acids is 6. The third-order valence-electron chi connectivity index (χ3n) is 12.8. The van der Waals surface area contributed by atoms with Gasteiger partial charge in [-0.25, -0.2) is 14.8 Å². The first-order chi connectivity index (χ1) is 35.3. The van der Waals surface area contributed by atoms with Gasteiger partial charge in [-0.15, -0.1) is 11.3 Å². The summed E-state index contributed by atoms with van der Waals surface area (Å²) in [6.45, 7) is 12.3. The minimum absolute atomic E-state index is 0.0197. The zero-order chi connectivity index (χ0) is 54.6. The van der Waals surface area contributed by atoms with E-state index in [2.05, 4.69) is 36.3 Å². The lowest BCUT2D eigenvalue weighted by Gasteiger charge is -2.35. The molecule has 2 fully saturated rings. The molecular weight excluding hydrogens is 1000 g/mol. The van der Waals surface area contributed by atoms with Crippen molar-refractivity contribution in [1.29, 1.82) is 0 Å². The fourth-order valence-electron chi connectivity index (χ4n) is 8.84. The second-order valence-corrected chi connectivity index (χ2v) is 21.1. The SMILES string of the molecule is Cc1ncsc1-c1ccc([C@H](C)NC(=O)[C@@H]2C[C@@H](O)CN2C(=O)[C@@H](NC(=O)COCCNC(=O)CN2CCN(CCn3cc4cc(NC(=O)c5cccc(C(F)(F)F)n5)c(C(C)(C)O)cc4n3)C2=O)C(C)(C)C)cc1. The summed E-state index contributed by atoms with van der Waals surface area (Å²) in [4.78, 5) is 93.1. The van der Waals surface area contributed by atoms with Gasteiger partial charge in [0.15, 0.2) is 0 Å². The molecule has 2 aliphatic rings. The molecule has 7 amide bonds. The van der Waals surface area contributed by atoms with Crippen LogP contribution in [-0.4, -0.2) is 151 Å². The van der Waals surface area contributed by atoms with Gasteiger partial charge in [0.05, 0.1) is 52.5 Å². The molecule has 24 heteroatoms. The van der Waals surface area contributed by atoms with Crippen molar-refractivity contribution in [2.45, 2.75) is 97.4 Å². The van der Waals surface area contributed by atoms with E-state index in [1.807, 2.05) is 38.1 Å². The number of anilines is 1. The average Bonchev–Trinajstić information content (AvgIpc) is 4.14. The van der Waals surface area contributed by atoms with Crippen LogP contribution >= 0.6 is 11.3 Å². The van der Waals surface area contributed by atoms with Crippen LogP contribution in [0.2, 0.25) is 0 Å². The highest BCUT2D eigenvalue weighted by Crippen LogP contribution is 2.34. The van der Waals surface area contributed by atoms with Crippen LogP contribution in [0.25, 0.3) is 21.3 Å². The summed E-state index contributed by atoms with van der Waals surface area (Å²) in [5.41, 5.74) is 1.46. The minimum Gasteiger partial charge on any atom is -0.391 e. The van der Waals surface area contributed by atoms with Gasteiger partial charge in [-0.05, 0) is 68.5 Å². The highest BCUT2D eigenvalue weighted by molar-refractivity contribution is 7.13. The number of urea groups is 1. The largest absolute Gasteiger partial charge is 0.433 e. The maximum Gasteiger partial charge on any atom is 0.433 e. The van der Waals surface area contributed by atoms with Crippen molar-refractivity contribution < 1.29 is 56.9 Å². The molecule has 2 saturated heterocycles. The second kappa shape index (κ2) is 22.8. The van der Waals surface area contributed by atoms with Crippen molar-refractivity contribution in [1.82, 2.24) is 50.4 Å². The lowest BCUT2D eigenvalue weighted by atomic mass is 9.85. The Bertz CT molecular complexity index is 2920. The number of pyridine rings is 1. The first-order valence-corrected chi connectivity index (χ1v) is 25.2. The molecule has 75 heavy (non-hydrogen) atoms. The number of hydrogen-bond acceptors (Lipinski definition) is 13. The number of hydrogen-bond donors (Lipinski definition) is 6. The summed E-state index contributed by atoms with van der Waals surface area (Å²) >= 11 is 1.54. The summed E-state index contributed by atoms with van der Waals surface area (Å²) in [7, 11) is 0. The number of alkyl halides is 3. The average molecular weight is 1060 g/mol. The van der Waals surface area contributed by atoms with Crippen LogP contribution in [0.1, 0.15) is 87.0 Å². The molecule has 0 aliphatic carbocycles. The number of thiazole rings is 1. The zero-order valence-corrected chi connectivity index (χ0v) is 43.5. The highest BCUT2D eigenvalue weighted by Gasteiger charge is 2.45. The van der Waals surface area contributed by atoms with Crippen LogP contribution in [0.3, 0.4) is 0 Å². The molecule has 5 heterocycles. The summed E-state index contributed by atoms with van der Waals surface area (Å²) in [5, 5.41) is 37.6. The summed E-state index contributed by atoms with van der Waals surface area (Å²) < 4.78 is 46.9. The van der Waals surface area contributed by atoms with E-state index in [1.165, 1.54) is 23.6 Å². The van der Waals surface area contributed by atoms with E-state index in [0.717, 1.165) is 39.9 Å². The zero-order valence-electron chi connectivity index (χ0n) is 42.7. The molecule has 7 rings (SSSR count). The number of β-amino-alcohol motifs (C(OH)–C–C–N with tert-alkyl or cyclic N) is 1. The molecule has 5 aromatic rings. The van der Waals surface area contributed by atoms with Gasteiger partial charge in [0, 0.05) is 62.0 Å². The first-order valence-electron chi connectivity index (χ1n) is 24.3. The van der Waals surface area contributed by atoms with Gasteiger partial charge < -0.3 is 50.9 Å². The van der Waals surface area contributed by atoms with E-state index < -0.39 is 89.0 Å². The number of aryl methyl sites for hydroxylation is 1. The number of aliphatic hydroxyl groups is 2. The minimum atomic E-state index is -4.75. The van der Waals surface area contributed by atoms with Gasteiger partial charge in [0.2, 0.25) is 23.6 Å². The molecule has 20 nitrogen and oxygen atoms in total. The maximum atomic E-state index is 14.1. The van der Waals surface area contributed by atoms with Crippen LogP contribution in [0.4, 0.5) is 23.7 Å². The number of nitrogens with one attached hydrogen (secondary N) is 4. The van der Waals surface area contributed by atoms with Gasteiger partial charge in [-0.1, -0.05) is 51.1 Å². The molecule has 0 spiro atoms. The number of halogens is 3. The number of ether oxygens (including phenoxy) is 1. The van der Waals surface area contributed by atoms with Crippen LogP contribution in [-0.2, 0) is 42.2 Å². The molecule has 0 bridgehead atoms. The Morgan fingerprint density at radius 2 is 1.67 bits per heavy atom. The molecule has 0 radical (unpaired) electrons. The van der Waals surface area contributed by atoms with Crippen LogP contribution in [0, 0.1) is 12.3 Å². The van der Waals surface area contributed by atoms with Gasteiger partial charge >= 0.3 is 12.2 Å². The Morgan fingerprint density at radius 3 is 2.33 bits per heavy atom. The summed E-state index contributed by atoms with van der Waals surface area (Å²) in [6, 6.07) is 11.1. The summed E-state index contributed by atoms with van der Waals surface area (Å²) in [5.74, 6) is -2.92. The Morgan fingerprint density at radius 1 is 0.947 bits per heavy atom. The predicted octanol–water partition coefficient (Wildman–Crippen LogP) is 4.60. The fraction of sp³-hybridized carbons (Fsp3) is 0.471. The quantitative estimate of drug-likeness (QED) is 0.0621. The van der Waals surface area contributed by atoms with E-state index in [1.54, 1.807) is 65.5 Å². The van der Waals surface area contributed by atoms with Crippen LogP contribution in [0.15, 0.2) is 66.3 Å². The number of benzene rings is 2. The number of nitrogens with zero attached hydrogens (tertiary/aromatic N) is 7. The number of likely N-dealkylation sites (tertiary alicyclic amines) is 1. The number of rotatable bonds is 19. The maximum absolute atomic E-state index is 14.1. The Labute approximate surface area is 435 Å². The molecule has 3 aromatic heterocycles. The standard InChI is InChI=1S/C51H62F3N11O9S/c1-29(31-11-13-32(14-12-31)43-30(2)56-28-75-43)57-46(70)39-22-34(66)25-65(39)47(71)44(49(3,4)5)60-42(68)27-74-20-15-55-41(67)26-63-17-16-62(48(63)72)18-19-64-24-33-21-38(35(50(6,7)73)23-37(33)61-64)59-45(69)36-9-8-10-40(58-36)51(52,53)54/h8-14,21,23-24,28-29,34,39,44,66,73H,15-20,22,25-27H2,1-7H3,(H,55,67)(H,57,70)(H,59,69)(H,60,68)/t29-,34+,39-,44+/m0/s1. The number of aromatic nitrogens is 4. The second-order valence-electron chi connectivity index (χ2n) is 20.2. The van der Waals surface area contributed by atoms with E-state index in [0.29, 0.717) is 17.4 Å². The highest BCUT2D eigenvalue weighted by atomic mass is 32.1.